The van der Waals surface area contributed by atoms with Crippen LogP contribution in [0.1, 0.15) is 2.85 Å². The van der Waals surface area contributed by atoms with Gasteiger partial charge in [0.2, 0.25) is 0 Å². The van der Waals surface area contributed by atoms with Gasteiger partial charge in [0.25, 0.3) is 0 Å². The Labute approximate surface area is 66.8 Å². The second kappa shape index (κ2) is 1.50. The zero-order valence-corrected chi connectivity index (χ0v) is 8.90. The van der Waals surface area contributed by atoms with E-state index in [9.17, 15) is 0 Å². The fraction of sp³-hybridized carbons (Fsp3) is 0. The van der Waals surface area contributed by atoms with Crippen LogP contribution in [0.5, 0.6) is 0 Å². The molecule has 0 spiro atoms. The molecule has 0 radical (unpaired) electrons. The van der Waals surface area contributed by atoms with E-state index in [0.29, 0.717) is 0 Å². The third kappa shape index (κ3) is 60.6. The average molecular weight is 316 g/mol. The second-order valence-electron chi connectivity index (χ2n) is 0.758. The largest absolute Gasteiger partial charge is 1.00 e. The summed E-state index contributed by atoms with van der Waals surface area (Å²) in [4.78, 5) is 0. The smallest absolute Gasteiger partial charge is 1.00 e. The predicted octanol–water partition coefficient (Wildman–Crippen LogP) is 4.36. The van der Waals surface area contributed by atoms with Gasteiger partial charge in [-0.25, -0.2) is 0 Å². The minimum absolute atomic E-state index is 0. The molecule has 7 heavy (non-hydrogen) atoms. The Morgan fingerprint density at radius 3 is 0.714 bits per heavy atom. The molecule has 0 aliphatic carbocycles. The van der Waals surface area contributed by atoms with Crippen molar-refractivity contribution in [3.8, 4) is 0 Å². The molecular formula is H2Cl6Ru. The summed E-state index contributed by atoms with van der Waals surface area (Å²) >= 11 is 0. The van der Waals surface area contributed by atoms with Gasteiger partial charge >= 0.3 is 67.5 Å². The molecule has 0 amide bonds. The monoisotopic (exact) mass is 314 g/mol. The minimum Gasteiger partial charge on any atom is 1.00 e. The number of hydrogen-bond donors (Lipinski definition) is 0. The van der Waals surface area contributed by atoms with E-state index in [1.165, 1.54) is 0 Å². The van der Waals surface area contributed by atoms with Gasteiger partial charge < -0.3 is 0 Å². The molecule has 7 heteroatoms. The molecule has 0 aliphatic heterocycles. The van der Waals surface area contributed by atoms with Crippen LogP contribution >= 0.6 is 58.1 Å². The summed E-state index contributed by atoms with van der Waals surface area (Å²) in [5.74, 6) is 0. The SMILES string of the molecule is [Cl][Ru-2]([Cl])([Cl])([Cl])([Cl])[Cl].[H+].[H+]. The second-order valence-corrected chi connectivity index (χ2v) is 40.3. The van der Waals surface area contributed by atoms with Crippen LogP contribution in [0.2, 0.25) is 0 Å². The van der Waals surface area contributed by atoms with Crippen LogP contribution in [0.4, 0.5) is 0 Å². The van der Waals surface area contributed by atoms with Crippen molar-refractivity contribution in [2.45, 2.75) is 0 Å². The third-order valence-corrected chi connectivity index (χ3v) is 0. The molecule has 0 bridgehead atoms. The molecule has 0 aromatic heterocycles. The van der Waals surface area contributed by atoms with Gasteiger partial charge in [-0.15, -0.1) is 0 Å². The first-order chi connectivity index (χ1) is 2.45. The summed E-state index contributed by atoms with van der Waals surface area (Å²) in [7, 11) is 30.3. The van der Waals surface area contributed by atoms with Gasteiger partial charge in [-0.05, 0) is 0 Å². The number of halogens is 6. The van der Waals surface area contributed by atoms with E-state index in [4.69, 9.17) is 58.1 Å². The van der Waals surface area contributed by atoms with Crippen molar-refractivity contribution in [2.75, 3.05) is 0 Å². The average Bonchev–Trinajstić information content (AvgIpc) is 0.592. The van der Waals surface area contributed by atoms with Crippen LogP contribution in [-0.4, -0.2) is 0 Å². The molecule has 0 rings (SSSR count). The molecule has 0 atom stereocenters. The van der Waals surface area contributed by atoms with Crippen molar-refractivity contribution < 1.29 is 9.33 Å². The van der Waals surface area contributed by atoms with Gasteiger partial charge in [-0.1, -0.05) is 0 Å². The normalized spacial score (nSPS) is 23.1. The molecule has 52 valence electrons. The Balaban J connectivity index is -0.000000180. The van der Waals surface area contributed by atoms with Crippen LogP contribution < -0.4 is 0 Å². The van der Waals surface area contributed by atoms with Crippen molar-refractivity contribution in [2.24, 2.45) is 0 Å². The van der Waals surface area contributed by atoms with E-state index >= 15 is 0 Å². The third-order valence-electron chi connectivity index (χ3n) is 0. The van der Waals surface area contributed by atoms with Crippen molar-refractivity contribution >= 4 is 58.1 Å². The maximum absolute atomic E-state index is 5.22. The zero-order valence-electron chi connectivity index (χ0n) is 4.62. The fourth-order valence-corrected chi connectivity index (χ4v) is 0. The zero-order chi connectivity index (χ0) is 6.41. The molecule has 0 saturated carbocycles. The first kappa shape index (κ1) is 9.36. The van der Waals surface area contributed by atoms with Crippen LogP contribution in [0.25, 0.3) is 0 Å². The summed E-state index contributed by atoms with van der Waals surface area (Å²) in [5, 5.41) is 0. The fourth-order valence-electron chi connectivity index (χ4n) is 0. The minimum atomic E-state index is -5.22. The quantitative estimate of drug-likeness (QED) is 0.583. The maximum atomic E-state index is 5.04. The van der Waals surface area contributed by atoms with E-state index in [1.807, 2.05) is 0 Å². The Morgan fingerprint density at radius 2 is 0.714 bits per heavy atom. The Bertz CT molecular complexity index is 69.6. The van der Waals surface area contributed by atoms with Gasteiger partial charge in [0.15, 0.2) is 0 Å². The van der Waals surface area contributed by atoms with Gasteiger partial charge in [-0.3, -0.25) is 0 Å². The summed E-state index contributed by atoms with van der Waals surface area (Å²) in [6.45, 7) is -5.22. The van der Waals surface area contributed by atoms with Crippen molar-refractivity contribution in [3.63, 3.8) is 0 Å². The molecular weight excluding hydrogens is 314 g/mol. The topological polar surface area (TPSA) is 0 Å². The molecule has 0 N–H and O–H groups in total. The van der Waals surface area contributed by atoms with Crippen LogP contribution in [0, 0.1) is 0 Å². The van der Waals surface area contributed by atoms with Gasteiger partial charge in [0, 0.05) is 0 Å². The van der Waals surface area contributed by atoms with Crippen molar-refractivity contribution in [1.82, 2.24) is 0 Å². The molecule has 0 fully saturated rings. The number of rotatable bonds is 0. The first-order valence-corrected chi connectivity index (χ1v) is 14.2. The molecule has 0 unspecified atom stereocenters. The first-order valence-electron chi connectivity index (χ1n) is 0.802. The summed E-state index contributed by atoms with van der Waals surface area (Å²) in [6, 6.07) is 0. The van der Waals surface area contributed by atoms with E-state index in [1.54, 1.807) is 0 Å². The van der Waals surface area contributed by atoms with Crippen molar-refractivity contribution in [1.29, 1.82) is 0 Å². The molecule has 0 saturated heterocycles. The Kier molecular flexibility index (Phi) is 2.01. The molecule has 0 nitrogen and oxygen atoms in total. The van der Waals surface area contributed by atoms with Crippen LogP contribution in [-0.2, 0) is 6.48 Å². The van der Waals surface area contributed by atoms with E-state index in [2.05, 4.69) is 0 Å². The molecule has 0 aliphatic rings. The van der Waals surface area contributed by atoms with Crippen LogP contribution in [0.15, 0.2) is 0 Å². The van der Waals surface area contributed by atoms with Gasteiger partial charge in [0.1, 0.15) is 0 Å². The summed E-state index contributed by atoms with van der Waals surface area (Å²) in [5.41, 5.74) is 0. The standard InChI is InChI=1S/6ClH.Ru/h6*1H;/q;;;;;;+4/p-4. The van der Waals surface area contributed by atoms with Crippen molar-refractivity contribution in [3.05, 3.63) is 0 Å². The summed E-state index contributed by atoms with van der Waals surface area (Å²) < 4.78 is 0. The van der Waals surface area contributed by atoms with Crippen LogP contribution in [0.3, 0.4) is 0 Å². The van der Waals surface area contributed by atoms with E-state index < -0.39 is 6.48 Å². The van der Waals surface area contributed by atoms with E-state index in [-0.39, 0.29) is 2.85 Å². The molecule has 0 aromatic carbocycles. The van der Waals surface area contributed by atoms with E-state index in [0.717, 1.165) is 0 Å². The predicted molar refractivity (Wildman–Crippen MR) is 37.3 cm³/mol. The molecule has 0 aromatic rings. The Morgan fingerprint density at radius 1 is 0.714 bits per heavy atom. The number of hydrogen-bond acceptors (Lipinski definition) is 0. The van der Waals surface area contributed by atoms with Gasteiger partial charge in [0.05, 0.1) is 0 Å². The maximum Gasteiger partial charge on any atom is 1.00 e. The Hall–Kier alpha value is 2.36. The summed E-state index contributed by atoms with van der Waals surface area (Å²) in [6.07, 6.45) is 0. The van der Waals surface area contributed by atoms with Gasteiger partial charge in [-0.2, -0.15) is 0 Å². The molecule has 0 heterocycles.